The number of anilines is 1. The van der Waals surface area contributed by atoms with E-state index in [-0.39, 0.29) is 16.9 Å². The maximum atomic E-state index is 13.1. The van der Waals surface area contributed by atoms with Crippen molar-refractivity contribution in [3.8, 4) is 0 Å². The van der Waals surface area contributed by atoms with Crippen LogP contribution in [0.2, 0.25) is 0 Å². The summed E-state index contributed by atoms with van der Waals surface area (Å²) in [7, 11) is 3.01. The van der Waals surface area contributed by atoms with Crippen LogP contribution in [0.15, 0.2) is 40.2 Å². The molecule has 10 nitrogen and oxygen atoms in total. The lowest BCUT2D eigenvalue weighted by Crippen LogP contribution is -2.41. The molecule has 28 heavy (non-hydrogen) atoms. The molecule has 0 fully saturated rings. The third kappa shape index (κ3) is 3.68. The Kier molecular flexibility index (Phi) is 5.07. The maximum absolute atomic E-state index is 13.1. The Morgan fingerprint density at radius 2 is 2.00 bits per heavy atom. The van der Waals surface area contributed by atoms with E-state index in [1.165, 1.54) is 36.1 Å². The number of ether oxygens (including phenoxy) is 1. The van der Waals surface area contributed by atoms with Crippen molar-refractivity contribution in [3.05, 3.63) is 57.2 Å². The number of esters is 1. The maximum Gasteiger partial charge on any atom is 0.333 e. The predicted octanol–water partition coefficient (Wildman–Crippen LogP) is -0.245. The fourth-order valence-electron chi connectivity index (χ4n) is 2.62. The van der Waals surface area contributed by atoms with Crippen LogP contribution in [0.4, 0.5) is 10.1 Å². The van der Waals surface area contributed by atoms with Gasteiger partial charge in [-0.2, -0.15) is 0 Å². The number of hydrogen-bond donors (Lipinski definition) is 1. The van der Waals surface area contributed by atoms with E-state index >= 15 is 0 Å². The lowest BCUT2D eigenvalue weighted by Gasteiger charge is -2.09. The van der Waals surface area contributed by atoms with Crippen LogP contribution in [0, 0.1) is 5.82 Å². The lowest BCUT2D eigenvalue weighted by atomic mass is 10.3. The summed E-state index contributed by atoms with van der Waals surface area (Å²) in [6.07, 6.45) is 1.38. The molecule has 0 aliphatic heterocycles. The van der Waals surface area contributed by atoms with E-state index in [4.69, 9.17) is 4.74 Å². The van der Waals surface area contributed by atoms with Gasteiger partial charge in [0.05, 0.1) is 6.33 Å². The quantitative estimate of drug-likeness (QED) is 0.602. The van der Waals surface area contributed by atoms with Crippen molar-refractivity contribution < 1.29 is 18.7 Å². The van der Waals surface area contributed by atoms with Gasteiger partial charge in [-0.25, -0.2) is 18.7 Å². The topological polar surface area (TPSA) is 117 Å². The number of amides is 1. The highest BCUT2D eigenvalue weighted by atomic mass is 19.1. The van der Waals surface area contributed by atoms with Crippen LogP contribution in [0.3, 0.4) is 0 Å². The first-order valence-electron chi connectivity index (χ1n) is 8.10. The van der Waals surface area contributed by atoms with Gasteiger partial charge in [0.25, 0.3) is 11.5 Å². The molecule has 0 bridgehead atoms. The first-order chi connectivity index (χ1) is 13.3. The van der Waals surface area contributed by atoms with Crippen LogP contribution in [0.25, 0.3) is 11.2 Å². The number of nitrogens with one attached hydrogen (secondary N) is 1. The summed E-state index contributed by atoms with van der Waals surface area (Å²) in [5.74, 6) is -2.17. The van der Waals surface area contributed by atoms with E-state index in [9.17, 15) is 23.6 Å². The molecule has 3 rings (SSSR count). The molecule has 1 amide bonds. The van der Waals surface area contributed by atoms with Crippen LogP contribution in [-0.4, -0.2) is 37.2 Å². The number of hydrogen-bond acceptors (Lipinski definition) is 6. The number of imidazole rings is 1. The Hall–Kier alpha value is -3.76. The van der Waals surface area contributed by atoms with Gasteiger partial charge in [-0.1, -0.05) is 6.07 Å². The van der Waals surface area contributed by atoms with Crippen molar-refractivity contribution in [2.75, 3.05) is 11.9 Å². The SMILES string of the molecule is Cn1cnc2c1c(=O)n(CC(=O)OCC(=O)Nc1cccc(F)c1)c(=O)n2C. The van der Waals surface area contributed by atoms with Crippen LogP contribution in [0.1, 0.15) is 0 Å². The van der Waals surface area contributed by atoms with Crippen LogP contribution >= 0.6 is 0 Å². The van der Waals surface area contributed by atoms with Crippen molar-refractivity contribution in [1.29, 1.82) is 0 Å². The third-order valence-electron chi connectivity index (χ3n) is 3.96. The Balaban J connectivity index is 1.70. The number of carbonyl (C=O) groups excluding carboxylic acids is 2. The average Bonchev–Trinajstić information content (AvgIpc) is 3.03. The smallest absolute Gasteiger partial charge is 0.333 e. The van der Waals surface area contributed by atoms with Gasteiger partial charge in [-0.15, -0.1) is 0 Å². The van der Waals surface area contributed by atoms with Crippen LogP contribution < -0.4 is 16.6 Å². The molecule has 1 aromatic carbocycles. The molecule has 2 aromatic heterocycles. The summed E-state index contributed by atoms with van der Waals surface area (Å²) < 4.78 is 21.2. The standard InChI is InChI=1S/C17H16FN5O5/c1-21-9-19-15-14(21)16(26)23(17(27)22(15)2)7-13(25)28-8-12(24)20-11-5-3-4-10(18)6-11/h3-6,9H,7-8H2,1-2H3,(H,20,24). The lowest BCUT2D eigenvalue weighted by molar-refractivity contribution is -0.148. The molecule has 2 heterocycles. The molecular weight excluding hydrogens is 373 g/mol. The Morgan fingerprint density at radius 3 is 2.71 bits per heavy atom. The van der Waals surface area contributed by atoms with E-state index < -0.39 is 42.1 Å². The zero-order valence-electron chi connectivity index (χ0n) is 15.0. The average molecular weight is 389 g/mol. The first kappa shape index (κ1) is 19.0. The van der Waals surface area contributed by atoms with Gasteiger partial charge in [0.1, 0.15) is 12.4 Å². The highest BCUT2D eigenvalue weighted by molar-refractivity contribution is 5.92. The van der Waals surface area contributed by atoms with Crippen molar-refractivity contribution in [2.24, 2.45) is 14.1 Å². The highest BCUT2D eigenvalue weighted by Gasteiger charge is 2.18. The minimum absolute atomic E-state index is 0.152. The van der Waals surface area contributed by atoms with Gasteiger partial charge >= 0.3 is 11.7 Å². The molecule has 0 radical (unpaired) electrons. The number of rotatable bonds is 5. The Bertz CT molecular complexity index is 1190. The van der Waals surface area contributed by atoms with E-state index in [0.29, 0.717) is 4.57 Å². The molecular formula is C17H16FN5O5. The van der Waals surface area contributed by atoms with Crippen molar-refractivity contribution >= 4 is 28.7 Å². The normalized spacial score (nSPS) is 10.8. The number of aromatic nitrogens is 4. The van der Waals surface area contributed by atoms with Crippen LogP contribution in [-0.2, 0) is 35.0 Å². The van der Waals surface area contributed by atoms with E-state index in [1.807, 2.05) is 0 Å². The molecule has 0 unspecified atom stereocenters. The van der Waals surface area contributed by atoms with Crippen molar-refractivity contribution in [1.82, 2.24) is 18.7 Å². The molecule has 0 aliphatic carbocycles. The summed E-state index contributed by atoms with van der Waals surface area (Å²) >= 11 is 0. The second-order valence-electron chi connectivity index (χ2n) is 5.98. The number of benzene rings is 1. The summed E-state index contributed by atoms with van der Waals surface area (Å²) in [5, 5.41) is 2.36. The molecule has 0 spiro atoms. The molecule has 0 saturated heterocycles. The molecule has 146 valence electrons. The molecule has 0 atom stereocenters. The number of nitrogens with zero attached hydrogens (tertiary/aromatic N) is 4. The van der Waals surface area contributed by atoms with E-state index in [2.05, 4.69) is 10.3 Å². The van der Waals surface area contributed by atoms with Gasteiger partial charge in [-0.3, -0.25) is 19.0 Å². The minimum atomic E-state index is -0.949. The van der Waals surface area contributed by atoms with Crippen molar-refractivity contribution in [2.45, 2.75) is 6.54 Å². The summed E-state index contributed by atoms with van der Waals surface area (Å²) in [6.45, 7) is -1.32. The fourth-order valence-corrected chi connectivity index (χ4v) is 2.62. The molecule has 1 N–H and O–H groups in total. The van der Waals surface area contributed by atoms with Gasteiger partial charge in [0.15, 0.2) is 17.8 Å². The third-order valence-corrected chi connectivity index (χ3v) is 3.96. The second-order valence-corrected chi connectivity index (χ2v) is 5.98. The zero-order chi connectivity index (χ0) is 20.4. The highest BCUT2D eigenvalue weighted by Crippen LogP contribution is 2.08. The Labute approximate surface area is 156 Å². The minimum Gasteiger partial charge on any atom is -0.454 e. The number of aryl methyl sites for hydroxylation is 2. The fraction of sp³-hybridized carbons (Fsp3) is 0.235. The molecule has 11 heteroatoms. The summed E-state index contributed by atoms with van der Waals surface area (Å²) in [4.78, 5) is 52.6. The Morgan fingerprint density at radius 1 is 1.25 bits per heavy atom. The van der Waals surface area contributed by atoms with Crippen molar-refractivity contribution in [3.63, 3.8) is 0 Å². The van der Waals surface area contributed by atoms with Gasteiger partial charge < -0.3 is 14.6 Å². The summed E-state index contributed by atoms with van der Waals surface area (Å²) in [6, 6.07) is 5.20. The number of carbonyl (C=O) groups is 2. The van der Waals surface area contributed by atoms with E-state index in [1.54, 1.807) is 7.05 Å². The predicted molar refractivity (Wildman–Crippen MR) is 96.2 cm³/mol. The second kappa shape index (κ2) is 7.47. The van der Waals surface area contributed by atoms with Crippen LogP contribution in [0.5, 0.6) is 0 Å². The van der Waals surface area contributed by atoms with Gasteiger partial charge in [0.2, 0.25) is 0 Å². The summed E-state index contributed by atoms with van der Waals surface area (Å²) in [5.41, 5.74) is -0.889. The zero-order valence-corrected chi connectivity index (χ0v) is 15.0. The van der Waals surface area contributed by atoms with Gasteiger partial charge in [0, 0.05) is 19.8 Å². The number of halogens is 1. The molecule has 0 saturated carbocycles. The molecule has 3 aromatic rings. The van der Waals surface area contributed by atoms with Gasteiger partial charge in [-0.05, 0) is 18.2 Å². The number of fused-ring (bicyclic) bond motifs is 1. The monoisotopic (exact) mass is 389 g/mol. The first-order valence-corrected chi connectivity index (χ1v) is 8.10. The molecule has 0 aliphatic rings. The largest absolute Gasteiger partial charge is 0.454 e. The van der Waals surface area contributed by atoms with E-state index in [0.717, 1.165) is 10.6 Å².